The van der Waals surface area contributed by atoms with Gasteiger partial charge in [-0.05, 0) is 26.8 Å². The summed E-state index contributed by atoms with van der Waals surface area (Å²) in [5.74, 6) is -0.0778. The van der Waals surface area contributed by atoms with Crippen LogP contribution in [-0.4, -0.2) is 6.10 Å². The van der Waals surface area contributed by atoms with Gasteiger partial charge in [-0.15, -0.1) is 0 Å². The van der Waals surface area contributed by atoms with E-state index in [-0.39, 0.29) is 23.7 Å². The van der Waals surface area contributed by atoms with E-state index in [9.17, 15) is 4.39 Å². The molecule has 1 aromatic rings. The van der Waals surface area contributed by atoms with Crippen LogP contribution in [0.3, 0.4) is 0 Å². The van der Waals surface area contributed by atoms with Crippen LogP contribution in [0.1, 0.15) is 32.4 Å². The van der Waals surface area contributed by atoms with Gasteiger partial charge in [-0.3, -0.25) is 0 Å². The molecule has 0 amide bonds. The van der Waals surface area contributed by atoms with E-state index in [0.29, 0.717) is 5.56 Å². The average Bonchev–Trinajstić information content (AvgIpc) is 2.07. The molecule has 0 aliphatic heterocycles. The summed E-state index contributed by atoms with van der Waals surface area (Å²) in [6, 6.07) is 4.58. The van der Waals surface area contributed by atoms with Gasteiger partial charge in [0.05, 0.1) is 6.10 Å². The van der Waals surface area contributed by atoms with E-state index < -0.39 is 0 Å². The fourth-order valence-electron chi connectivity index (χ4n) is 1.24. The second-order valence-corrected chi connectivity index (χ2v) is 3.61. The van der Waals surface area contributed by atoms with Gasteiger partial charge in [-0.2, -0.15) is 0 Å². The van der Waals surface area contributed by atoms with Crippen molar-refractivity contribution in [3.8, 4) is 5.75 Å². The standard InChI is InChI=1S/C11H16FNO/c1-7(2)14-11-9(8(3)13)5-4-6-10(11)12/h4-8H,13H2,1-3H3/t8-/m0/s1. The van der Waals surface area contributed by atoms with E-state index in [2.05, 4.69) is 0 Å². The molecule has 0 saturated carbocycles. The molecule has 0 radical (unpaired) electrons. The van der Waals surface area contributed by atoms with Crippen molar-refractivity contribution in [2.75, 3.05) is 0 Å². The second-order valence-electron chi connectivity index (χ2n) is 3.61. The van der Waals surface area contributed by atoms with Crippen LogP contribution in [0, 0.1) is 5.82 Å². The number of hydrogen-bond donors (Lipinski definition) is 1. The van der Waals surface area contributed by atoms with Crippen molar-refractivity contribution >= 4 is 0 Å². The minimum Gasteiger partial charge on any atom is -0.488 e. The molecule has 0 aliphatic carbocycles. The molecule has 1 rings (SSSR count). The normalized spacial score (nSPS) is 13.0. The molecule has 78 valence electrons. The molecule has 1 aromatic carbocycles. The summed E-state index contributed by atoms with van der Waals surface area (Å²) >= 11 is 0. The second kappa shape index (κ2) is 4.42. The van der Waals surface area contributed by atoms with Crippen molar-refractivity contribution in [3.63, 3.8) is 0 Å². The minimum atomic E-state index is -0.353. The lowest BCUT2D eigenvalue weighted by Crippen LogP contribution is -2.13. The van der Waals surface area contributed by atoms with E-state index in [1.807, 2.05) is 20.8 Å². The zero-order valence-corrected chi connectivity index (χ0v) is 8.75. The van der Waals surface area contributed by atoms with Crippen molar-refractivity contribution < 1.29 is 9.13 Å². The molecule has 0 heterocycles. The zero-order chi connectivity index (χ0) is 10.7. The summed E-state index contributed by atoms with van der Waals surface area (Å²) in [5.41, 5.74) is 6.42. The van der Waals surface area contributed by atoms with Crippen LogP contribution in [-0.2, 0) is 0 Å². The van der Waals surface area contributed by atoms with E-state index in [0.717, 1.165) is 0 Å². The van der Waals surface area contributed by atoms with Gasteiger partial charge in [-0.25, -0.2) is 4.39 Å². The number of para-hydroxylation sites is 1. The Kier molecular flexibility index (Phi) is 3.47. The lowest BCUT2D eigenvalue weighted by molar-refractivity contribution is 0.227. The van der Waals surface area contributed by atoms with Gasteiger partial charge in [-0.1, -0.05) is 12.1 Å². The number of halogens is 1. The van der Waals surface area contributed by atoms with Gasteiger partial charge < -0.3 is 10.5 Å². The monoisotopic (exact) mass is 197 g/mol. The first-order valence-corrected chi connectivity index (χ1v) is 4.73. The van der Waals surface area contributed by atoms with E-state index in [1.165, 1.54) is 6.07 Å². The van der Waals surface area contributed by atoms with Crippen molar-refractivity contribution in [2.45, 2.75) is 32.9 Å². The molecule has 1 atom stereocenters. The summed E-state index contributed by atoms with van der Waals surface area (Å²) in [6.07, 6.45) is -0.0515. The van der Waals surface area contributed by atoms with Crippen LogP contribution in [0.15, 0.2) is 18.2 Å². The molecule has 2 N–H and O–H groups in total. The Labute approximate surface area is 83.9 Å². The SMILES string of the molecule is CC(C)Oc1c(F)cccc1[C@H](C)N. The van der Waals surface area contributed by atoms with E-state index in [4.69, 9.17) is 10.5 Å². The lowest BCUT2D eigenvalue weighted by Gasteiger charge is -2.16. The molecule has 0 spiro atoms. The molecule has 0 aromatic heterocycles. The Morgan fingerprint density at radius 2 is 1.93 bits per heavy atom. The molecule has 0 bridgehead atoms. The molecule has 0 fully saturated rings. The molecule has 0 aliphatic rings. The highest BCUT2D eigenvalue weighted by atomic mass is 19.1. The summed E-state index contributed by atoms with van der Waals surface area (Å²) < 4.78 is 18.8. The molecule has 3 heteroatoms. The Morgan fingerprint density at radius 1 is 1.29 bits per heavy atom. The van der Waals surface area contributed by atoms with Crippen molar-refractivity contribution in [1.82, 2.24) is 0 Å². The molecule has 0 saturated heterocycles. The first-order chi connectivity index (χ1) is 6.52. The Balaban J connectivity index is 3.09. The maximum atomic E-state index is 13.4. The Hall–Kier alpha value is -1.09. The number of benzene rings is 1. The largest absolute Gasteiger partial charge is 0.488 e. The Morgan fingerprint density at radius 3 is 2.43 bits per heavy atom. The van der Waals surface area contributed by atoms with Crippen molar-refractivity contribution in [3.05, 3.63) is 29.6 Å². The zero-order valence-electron chi connectivity index (χ0n) is 8.75. The van der Waals surface area contributed by atoms with Gasteiger partial charge in [0.25, 0.3) is 0 Å². The fourth-order valence-corrected chi connectivity index (χ4v) is 1.24. The summed E-state index contributed by atoms with van der Waals surface area (Å²) in [5, 5.41) is 0. The van der Waals surface area contributed by atoms with Gasteiger partial charge in [0.1, 0.15) is 0 Å². The number of rotatable bonds is 3. The highest BCUT2D eigenvalue weighted by Gasteiger charge is 2.13. The van der Waals surface area contributed by atoms with Crippen molar-refractivity contribution in [2.24, 2.45) is 5.73 Å². The first kappa shape index (κ1) is 11.0. The van der Waals surface area contributed by atoms with Gasteiger partial charge >= 0.3 is 0 Å². The maximum absolute atomic E-state index is 13.4. The van der Waals surface area contributed by atoms with Gasteiger partial charge in [0.2, 0.25) is 0 Å². The topological polar surface area (TPSA) is 35.2 Å². The van der Waals surface area contributed by atoms with Crippen LogP contribution in [0.4, 0.5) is 4.39 Å². The highest BCUT2D eigenvalue weighted by Crippen LogP contribution is 2.27. The Bertz CT molecular complexity index is 310. The third-order valence-corrected chi connectivity index (χ3v) is 1.84. The maximum Gasteiger partial charge on any atom is 0.165 e. The van der Waals surface area contributed by atoms with E-state index in [1.54, 1.807) is 12.1 Å². The predicted molar refractivity (Wildman–Crippen MR) is 54.8 cm³/mol. The average molecular weight is 197 g/mol. The van der Waals surface area contributed by atoms with Crippen LogP contribution >= 0.6 is 0 Å². The first-order valence-electron chi connectivity index (χ1n) is 4.73. The minimum absolute atomic E-state index is 0.0515. The third kappa shape index (κ3) is 2.45. The molecular formula is C11H16FNO. The van der Waals surface area contributed by atoms with Crippen LogP contribution in [0.2, 0.25) is 0 Å². The van der Waals surface area contributed by atoms with Crippen LogP contribution < -0.4 is 10.5 Å². The van der Waals surface area contributed by atoms with E-state index >= 15 is 0 Å². The van der Waals surface area contributed by atoms with Gasteiger partial charge in [0, 0.05) is 11.6 Å². The molecule has 0 unspecified atom stereocenters. The van der Waals surface area contributed by atoms with Gasteiger partial charge in [0.15, 0.2) is 11.6 Å². The molecular weight excluding hydrogens is 181 g/mol. The molecule has 14 heavy (non-hydrogen) atoms. The smallest absolute Gasteiger partial charge is 0.165 e. The lowest BCUT2D eigenvalue weighted by atomic mass is 10.1. The number of nitrogens with two attached hydrogens (primary N) is 1. The quantitative estimate of drug-likeness (QED) is 0.808. The summed E-state index contributed by atoms with van der Waals surface area (Å²) in [7, 11) is 0. The highest BCUT2D eigenvalue weighted by molar-refractivity contribution is 5.37. The van der Waals surface area contributed by atoms with Crippen LogP contribution in [0.5, 0.6) is 5.75 Å². The molecule has 2 nitrogen and oxygen atoms in total. The number of hydrogen-bond acceptors (Lipinski definition) is 2. The van der Waals surface area contributed by atoms with Crippen LogP contribution in [0.25, 0.3) is 0 Å². The fraction of sp³-hybridized carbons (Fsp3) is 0.455. The predicted octanol–water partition coefficient (Wildman–Crippen LogP) is 2.63. The van der Waals surface area contributed by atoms with Crippen molar-refractivity contribution in [1.29, 1.82) is 0 Å². The summed E-state index contributed by atoms with van der Waals surface area (Å²) in [6.45, 7) is 5.52. The summed E-state index contributed by atoms with van der Waals surface area (Å²) in [4.78, 5) is 0. The number of ether oxygens (including phenoxy) is 1. The third-order valence-electron chi connectivity index (χ3n) is 1.84.